The second kappa shape index (κ2) is 48.9. The molecule has 332 valence electrons. The van der Waals surface area contributed by atoms with Crippen LogP contribution in [0.15, 0.2) is 134 Å². The Labute approximate surface area is 364 Å². The predicted octanol–water partition coefficient (Wildman–Crippen LogP) is 15.5. The van der Waals surface area contributed by atoms with E-state index in [2.05, 4.69) is 141 Å². The summed E-state index contributed by atoms with van der Waals surface area (Å²) in [5.41, 5.74) is 0. The molecule has 0 aliphatic rings. The molecule has 0 rings (SSSR count). The van der Waals surface area contributed by atoms with E-state index in [0.717, 1.165) is 109 Å². The van der Waals surface area contributed by atoms with Crippen LogP contribution < -0.4 is 5.32 Å². The molecule has 0 aromatic heterocycles. The fourth-order valence-electron chi connectivity index (χ4n) is 6.26. The van der Waals surface area contributed by atoms with Gasteiger partial charge in [-0.25, -0.2) is 0 Å². The molecule has 0 aromatic rings. The molecule has 2 unspecified atom stereocenters. The first kappa shape index (κ1) is 55.5. The minimum absolute atomic E-state index is 0.0963. The van der Waals surface area contributed by atoms with Gasteiger partial charge in [0.05, 0.1) is 18.8 Å². The summed E-state index contributed by atoms with van der Waals surface area (Å²) in [5.74, 6) is -0.0963. The molecule has 0 saturated carbocycles. The molecule has 0 bridgehead atoms. The molecular formula is C55H89NO3. The van der Waals surface area contributed by atoms with E-state index >= 15 is 0 Å². The number of carbonyl (C=O) groups excluding carboxylic acids is 1. The fraction of sp³-hybridized carbons (Fsp3) is 0.582. The highest BCUT2D eigenvalue weighted by Crippen LogP contribution is 2.12. The highest BCUT2D eigenvalue weighted by Gasteiger charge is 2.17. The van der Waals surface area contributed by atoms with E-state index in [0.29, 0.717) is 6.42 Å². The number of hydrogen-bond acceptors (Lipinski definition) is 3. The number of hydrogen-bond donors (Lipinski definition) is 3. The largest absolute Gasteiger partial charge is 0.394 e. The number of aliphatic hydroxyl groups excluding tert-OH is 2. The third kappa shape index (κ3) is 45.5. The van der Waals surface area contributed by atoms with Gasteiger partial charge in [-0.05, 0) is 96.3 Å². The van der Waals surface area contributed by atoms with Crippen molar-refractivity contribution in [3.8, 4) is 0 Å². The third-order valence-corrected chi connectivity index (χ3v) is 9.89. The van der Waals surface area contributed by atoms with Crippen LogP contribution in [0.3, 0.4) is 0 Å². The van der Waals surface area contributed by atoms with Crippen LogP contribution in [0.4, 0.5) is 0 Å². The Balaban J connectivity index is 3.73. The molecule has 1 amide bonds. The predicted molar refractivity (Wildman–Crippen MR) is 262 cm³/mol. The summed E-state index contributed by atoms with van der Waals surface area (Å²) in [5, 5.41) is 23.0. The van der Waals surface area contributed by atoms with Crippen LogP contribution in [-0.4, -0.2) is 34.9 Å². The first-order valence-corrected chi connectivity index (χ1v) is 23.9. The highest BCUT2D eigenvalue weighted by molar-refractivity contribution is 5.76. The molecule has 2 atom stereocenters. The molecule has 4 nitrogen and oxygen atoms in total. The lowest BCUT2D eigenvalue weighted by atomic mass is 10.1. The zero-order valence-corrected chi connectivity index (χ0v) is 38.0. The molecular weight excluding hydrogens is 723 g/mol. The van der Waals surface area contributed by atoms with Crippen LogP contribution in [0.1, 0.15) is 187 Å². The van der Waals surface area contributed by atoms with Crippen LogP contribution >= 0.6 is 0 Å². The quantitative estimate of drug-likeness (QED) is 0.0425. The lowest BCUT2D eigenvalue weighted by molar-refractivity contribution is -0.123. The molecule has 3 N–H and O–H groups in total. The van der Waals surface area contributed by atoms with Crippen molar-refractivity contribution in [1.29, 1.82) is 0 Å². The van der Waals surface area contributed by atoms with Crippen LogP contribution in [0, 0.1) is 0 Å². The van der Waals surface area contributed by atoms with Crippen LogP contribution in [-0.2, 0) is 4.79 Å². The Morgan fingerprint density at radius 1 is 0.424 bits per heavy atom. The monoisotopic (exact) mass is 812 g/mol. The van der Waals surface area contributed by atoms with E-state index < -0.39 is 12.1 Å². The maximum Gasteiger partial charge on any atom is 0.220 e. The minimum Gasteiger partial charge on any atom is -0.394 e. The van der Waals surface area contributed by atoms with Crippen molar-refractivity contribution in [2.45, 2.75) is 199 Å². The Morgan fingerprint density at radius 2 is 0.746 bits per heavy atom. The average molecular weight is 812 g/mol. The van der Waals surface area contributed by atoms with Crippen molar-refractivity contribution in [3.05, 3.63) is 134 Å². The summed E-state index contributed by atoms with van der Waals surface area (Å²) in [6.07, 6.45) is 77.1. The molecule has 0 saturated heterocycles. The van der Waals surface area contributed by atoms with Gasteiger partial charge in [0, 0.05) is 6.42 Å². The van der Waals surface area contributed by atoms with Crippen LogP contribution in [0.25, 0.3) is 0 Å². The molecule has 0 aliphatic carbocycles. The number of allylic oxidation sites excluding steroid dienone is 21. The molecule has 0 aliphatic heterocycles. The summed E-state index contributed by atoms with van der Waals surface area (Å²) >= 11 is 0. The van der Waals surface area contributed by atoms with E-state index in [4.69, 9.17) is 0 Å². The van der Waals surface area contributed by atoms with Gasteiger partial charge in [-0.3, -0.25) is 4.79 Å². The Hall–Kier alpha value is -3.47. The van der Waals surface area contributed by atoms with Crippen molar-refractivity contribution in [3.63, 3.8) is 0 Å². The van der Waals surface area contributed by atoms with Crippen molar-refractivity contribution in [2.24, 2.45) is 0 Å². The second-order valence-corrected chi connectivity index (χ2v) is 15.4. The second-order valence-electron chi connectivity index (χ2n) is 15.4. The Bertz CT molecular complexity index is 1240. The van der Waals surface area contributed by atoms with Crippen molar-refractivity contribution < 1.29 is 15.0 Å². The number of unbranched alkanes of at least 4 members (excludes halogenated alkanes) is 14. The molecule has 0 radical (unpaired) electrons. The van der Waals surface area contributed by atoms with Crippen molar-refractivity contribution >= 4 is 5.91 Å². The smallest absolute Gasteiger partial charge is 0.220 e. The third-order valence-electron chi connectivity index (χ3n) is 9.89. The normalized spacial score (nSPS) is 14.2. The average Bonchev–Trinajstić information content (AvgIpc) is 3.24. The summed E-state index contributed by atoms with van der Waals surface area (Å²) in [4.78, 5) is 12.4. The molecule has 59 heavy (non-hydrogen) atoms. The van der Waals surface area contributed by atoms with Crippen LogP contribution in [0.5, 0.6) is 0 Å². The van der Waals surface area contributed by atoms with E-state index in [1.807, 2.05) is 6.08 Å². The van der Waals surface area contributed by atoms with Gasteiger partial charge in [0.15, 0.2) is 0 Å². The topological polar surface area (TPSA) is 69.6 Å². The summed E-state index contributed by atoms with van der Waals surface area (Å²) < 4.78 is 0. The van der Waals surface area contributed by atoms with Gasteiger partial charge in [-0.1, -0.05) is 218 Å². The number of rotatable bonds is 41. The molecule has 0 spiro atoms. The number of nitrogens with one attached hydrogen (secondary N) is 1. The van der Waals surface area contributed by atoms with Gasteiger partial charge in [-0.2, -0.15) is 0 Å². The number of carbonyl (C=O) groups is 1. The maximum atomic E-state index is 12.4. The molecule has 0 fully saturated rings. The highest BCUT2D eigenvalue weighted by atomic mass is 16.3. The van der Waals surface area contributed by atoms with E-state index in [1.165, 1.54) is 57.8 Å². The lowest BCUT2D eigenvalue weighted by Crippen LogP contribution is -2.45. The molecule has 4 heteroatoms. The first-order chi connectivity index (χ1) is 29.2. The molecule has 0 heterocycles. The van der Waals surface area contributed by atoms with E-state index in [-0.39, 0.29) is 12.5 Å². The SMILES string of the molecule is CC/C=C\C/C=C\C/C=C\C/C=C\C/C=C\C/C=C\C/C=C\C/C=C\C/C=C\C/C=C\CCCCCCC(=O)NC(CO)C(O)/C=C/CCCCCCCCCCCC. The summed E-state index contributed by atoms with van der Waals surface area (Å²) in [7, 11) is 0. The van der Waals surface area contributed by atoms with Gasteiger partial charge in [0.2, 0.25) is 5.91 Å². The van der Waals surface area contributed by atoms with Gasteiger partial charge < -0.3 is 15.5 Å². The van der Waals surface area contributed by atoms with Crippen molar-refractivity contribution in [1.82, 2.24) is 5.32 Å². The lowest BCUT2D eigenvalue weighted by Gasteiger charge is -2.20. The first-order valence-electron chi connectivity index (χ1n) is 23.9. The van der Waals surface area contributed by atoms with E-state index in [9.17, 15) is 15.0 Å². The van der Waals surface area contributed by atoms with Gasteiger partial charge in [0.1, 0.15) is 0 Å². The zero-order valence-electron chi connectivity index (χ0n) is 38.0. The maximum absolute atomic E-state index is 12.4. The summed E-state index contributed by atoms with van der Waals surface area (Å²) in [6, 6.07) is -0.644. The fourth-order valence-corrected chi connectivity index (χ4v) is 6.26. The number of aliphatic hydroxyl groups is 2. The summed E-state index contributed by atoms with van der Waals surface area (Å²) in [6.45, 7) is 4.15. The van der Waals surface area contributed by atoms with Gasteiger partial charge >= 0.3 is 0 Å². The standard InChI is InChI=1S/C55H89NO3/c1-3-5-7-9-11-13-15-17-18-19-20-21-22-23-24-25-26-27-28-29-30-31-32-33-34-35-36-37-38-39-41-43-45-47-49-51-55(59)56-53(52-57)54(58)50-48-46-44-42-40-16-14-12-10-8-6-4-2/h5,7,11,13,17-18,20-21,23-24,26-27,29-30,32-33,35-36,38-39,48,50,53-54,57-58H,3-4,6,8-10,12,14-16,19,22,25,28,31,34,37,40-47,49,51-52H2,1-2H3,(H,56,59)/b7-5-,13-11-,18-17-,21-20-,24-23-,27-26-,30-29-,33-32-,36-35-,39-38-,50-48+. The van der Waals surface area contributed by atoms with Gasteiger partial charge in [0.25, 0.3) is 0 Å². The molecule has 0 aromatic carbocycles. The minimum atomic E-state index is -0.858. The van der Waals surface area contributed by atoms with Crippen molar-refractivity contribution in [2.75, 3.05) is 6.61 Å². The van der Waals surface area contributed by atoms with Crippen LogP contribution in [0.2, 0.25) is 0 Å². The van der Waals surface area contributed by atoms with E-state index in [1.54, 1.807) is 6.08 Å². The number of amides is 1. The Kier molecular flexibility index (Phi) is 46.0. The Morgan fingerprint density at radius 3 is 1.12 bits per heavy atom. The zero-order chi connectivity index (χ0) is 42.8. The van der Waals surface area contributed by atoms with Gasteiger partial charge in [-0.15, -0.1) is 0 Å².